The molecule has 2 saturated heterocycles. The van der Waals surface area contributed by atoms with Gasteiger partial charge in [-0.05, 0) is 99.3 Å². The Morgan fingerprint density at radius 3 is 2.56 bits per heavy atom. The third-order valence-electron chi connectivity index (χ3n) is 8.83. The van der Waals surface area contributed by atoms with Gasteiger partial charge in [0, 0.05) is 48.7 Å². The molecule has 2 fully saturated rings. The minimum atomic E-state index is -0.304. The zero-order valence-electron chi connectivity index (χ0n) is 23.3. The number of hydrogen-bond acceptors (Lipinski definition) is 5. The minimum absolute atomic E-state index is 0.158. The van der Waals surface area contributed by atoms with Gasteiger partial charge in [0.25, 0.3) is 5.56 Å². The summed E-state index contributed by atoms with van der Waals surface area (Å²) in [7, 11) is 0. The van der Waals surface area contributed by atoms with E-state index in [0.29, 0.717) is 18.8 Å². The predicted octanol–water partition coefficient (Wildman–Crippen LogP) is 5.57. The van der Waals surface area contributed by atoms with Crippen molar-refractivity contribution in [3.63, 3.8) is 0 Å². The molecule has 41 heavy (non-hydrogen) atoms. The summed E-state index contributed by atoms with van der Waals surface area (Å²) in [5.41, 5.74) is 3.86. The number of aryl methyl sites for hydroxylation is 2. The van der Waals surface area contributed by atoms with E-state index in [4.69, 9.17) is 4.98 Å². The molecule has 2 aliphatic heterocycles. The van der Waals surface area contributed by atoms with Crippen LogP contribution in [-0.2, 0) is 13.0 Å². The molecule has 0 radical (unpaired) electrons. The lowest BCUT2D eigenvalue weighted by atomic mass is 9.99. The Balaban J connectivity index is 1.06. The predicted molar refractivity (Wildman–Crippen MR) is 161 cm³/mol. The van der Waals surface area contributed by atoms with Crippen molar-refractivity contribution in [1.82, 2.24) is 24.2 Å². The van der Waals surface area contributed by atoms with Crippen molar-refractivity contribution in [3.05, 3.63) is 94.8 Å². The van der Waals surface area contributed by atoms with Crippen LogP contribution in [0, 0.1) is 5.82 Å². The zero-order chi connectivity index (χ0) is 27.8. The van der Waals surface area contributed by atoms with Crippen LogP contribution in [-0.4, -0.2) is 56.5 Å². The topological polar surface area (TPSA) is 59.2 Å². The van der Waals surface area contributed by atoms with Crippen LogP contribution in [0.15, 0.2) is 77.9 Å². The first-order valence-electron chi connectivity index (χ1n) is 14.8. The molecule has 5 aromatic rings. The van der Waals surface area contributed by atoms with Crippen LogP contribution in [0.5, 0.6) is 0 Å². The van der Waals surface area contributed by atoms with E-state index in [-0.39, 0.29) is 11.4 Å². The van der Waals surface area contributed by atoms with Crippen molar-refractivity contribution >= 4 is 27.5 Å². The van der Waals surface area contributed by atoms with Crippen LogP contribution < -0.4 is 10.5 Å². The number of nitrogens with zero attached hydrogens (tertiary/aromatic N) is 6. The van der Waals surface area contributed by atoms with Crippen molar-refractivity contribution in [2.75, 3.05) is 31.1 Å². The Morgan fingerprint density at radius 2 is 1.71 bits per heavy atom. The summed E-state index contributed by atoms with van der Waals surface area (Å²) in [4.78, 5) is 22.6. The first-order valence-corrected chi connectivity index (χ1v) is 14.8. The number of aromatic nitrogens is 4. The van der Waals surface area contributed by atoms with Gasteiger partial charge in [0.15, 0.2) is 5.82 Å². The van der Waals surface area contributed by atoms with Crippen molar-refractivity contribution in [3.8, 4) is 5.82 Å². The molecule has 8 heteroatoms. The van der Waals surface area contributed by atoms with Gasteiger partial charge in [-0.15, -0.1) is 0 Å². The molecule has 0 N–H and O–H groups in total. The van der Waals surface area contributed by atoms with Crippen molar-refractivity contribution in [2.45, 2.75) is 51.1 Å². The van der Waals surface area contributed by atoms with Gasteiger partial charge < -0.3 is 9.80 Å². The zero-order valence-corrected chi connectivity index (χ0v) is 23.3. The summed E-state index contributed by atoms with van der Waals surface area (Å²) in [6.45, 7) is 5.12. The number of hydrogen-bond donors (Lipinski definition) is 0. The summed E-state index contributed by atoms with van der Waals surface area (Å²) in [6, 6.07) is 19.1. The summed E-state index contributed by atoms with van der Waals surface area (Å²) < 4.78 is 17.2. The molecule has 0 unspecified atom stereocenters. The van der Waals surface area contributed by atoms with Gasteiger partial charge in [0.1, 0.15) is 5.82 Å². The van der Waals surface area contributed by atoms with Gasteiger partial charge in [0.05, 0.1) is 22.9 Å². The molecule has 0 spiro atoms. The minimum Gasteiger partial charge on any atom is -0.370 e. The summed E-state index contributed by atoms with van der Waals surface area (Å²) >= 11 is 0. The van der Waals surface area contributed by atoms with E-state index in [2.05, 4.69) is 39.2 Å². The molecule has 2 aromatic carbocycles. The van der Waals surface area contributed by atoms with E-state index >= 15 is 0 Å². The maximum absolute atomic E-state index is 13.9. The van der Waals surface area contributed by atoms with E-state index < -0.39 is 0 Å². The fraction of sp³-hybridized carbons (Fsp3) is 0.364. The van der Waals surface area contributed by atoms with E-state index in [1.54, 1.807) is 12.1 Å². The van der Waals surface area contributed by atoms with E-state index in [0.717, 1.165) is 46.5 Å². The Kier molecular flexibility index (Phi) is 7.00. The summed E-state index contributed by atoms with van der Waals surface area (Å²) in [5.74, 6) is 0.281. The summed E-state index contributed by atoms with van der Waals surface area (Å²) in [6.07, 6.45) is 11.0. The molecule has 3 aromatic heterocycles. The number of piperidine rings is 2. The Hall–Kier alpha value is -4.04. The molecule has 210 valence electrons. The molecule has 2 aliphatic rings. The van der Waals surface area contributed by atoms with E-state index in [1.165, 1.54) is 73.8 Å². The molecular weight excluding hydrogens is 515 g/mol. The molecule has 0 saturated carbocycles. The van der Waals surface area contributed by atoms with Crippen LogP contribution in [0.4, 0.5) is 10.1 Å². The largest absolute Gasteiger partial charge is 0.370 e. The molecular formula is C33H35FN6O. The molecule has 7 rings (SSSR count). The average molecular weight is 551 g/mol. The number of fused-ring (bicyclic) bond motifs is 2. The summed E-state index contributed by atoms with van der Waals surface area (Å²) in [5, 5.41) is 6.65. The number of anilines is 1. The number of likely N-dealkylation sites (tertiary alicyclic amines) is 1. The third kappa shape index (κ3) is 5.36. The molecule has 0 amide bonds. The van der Waals surface area contributed by atoms with Crippen LogP contribution in [0.1, 0.15) is 37.7 Å². The van der Waals surface area contributed by atoms with Gasteiger partial charge in [0.2, 0.25) is 0 Å². The second-order valence-electron chi connectivity index (χ2n) is 11.4. The highest BCUT2D eigenvalue weighted by atomic mass is 19.1. The Morgan fingerprint density at radius 1 is 0.854 bits per heavy atom. The van der Waals surface area contributed by atoms with Crippen LogP contribution in [0.3, 0.4) is 0 Å². The highest BCUT2D eigenvalue weighted by Gasteiger charge is 2.25. The molecule has 7 nitrogen and oxygen atoms in total. The molecule has 0 aliphatic carbocycles. The Bertz CT molecular complexity index is 1750. The van der Waals surface area contributed by atoms with Gasteiger partial charge in [-0.3, -0.25) is 14.3 Å². The van der Waals surface area contributed by atoms with Gasteiger partial charge in [-0.2, -0.15) is 5.10 Å². The number of rotatable bonds is 6. The van der Waals surface area contributed by atoms with E-state index in [9.17, 15) is 9.18 Å². The first kappa shape index (κ1) is 25.9. The van der Waals surface area contributed by atoms with Gasteiger partial charge in [-0.1, -0.05) is 12.5 Å². The lowest BCUT2D eigenvalue weighted by Crippen LogP contribution is -2.46. The maximum Gasteiger partial charge on any atom is 0.266 e. The smallest absolute Gasteiger partial charge is 0.266 e. The van der Waals surface area contributed by atoms with Crippen molar-refractivity contribution < 1.29 is 4.39 Å². The fourth-order valence-electron chi connectivity index (χ4n) is 6.53. The standard InChI is InChI=1S/C33H35FN6O/c34-27-6-5-25-11-18-39(31(25)22-27)32-8-9-33(41)40(36-32)19-10-24-4-7-30-26(20-24)21-29(23-35-30)38-16-12-28(13-17-38)37-14-2-1-3-15-37/h4-9,11,18,20-23,28H,1-3,10,12-17,19H2. The molecule has 5 heterocycles. The molecule has 0 atom stereocenters. The van der Waals surface area contributed by atoms with Crippen molar-refractivity contribution in [1.29, 1.82) is 0 Å². The lowest BCUT2D eigenvalue weighted by Gasteiger charge is -2.40. The first-order chi connectivity index (χ1) is 20.1. The lowest BCUT2D eigenvalue weighted by molar-refractivity contribution is 0.141. The second-order valence-corrected chi connectivity index (χ2v) is 11.4. The second kappa shape index (κ2) is 11.1. The van der Waals surface area contributed by atoms with Crippen LogP contribution in [0.2, 0.25) is 0 Å². The normalized spacial score (nSPS) is 17.0. The van der Waals surface area contributed by atoms with Crippen molar-refractivity contribution in [2.24, 2.45) is 0 Å². The average Bonchev–Trinajstić information content (AvgIpc) is 3.44. The van der Waals surface area contributed by atoms with Gasteiger partial charge in [-0.25, -0.2) is 9.07 Å². The fourth-order valence-corrected chi connectivity index (χ4v) is 6.53. The van der Waals surface area contributed by atoms with Crippen LogP contribution in [0.25, 0.3) is 27.6 Å². The number of halogens is 1. The quantitative estimate of drug-likeness (QED) is 0.277. The Labute approximate surface area is 238 Å². The van der Waals surface area contributed by atoms with Crippen LogP contribution >= 0.6 is 0 Å². The molecule has 0 bridgehead atoms. The highest BCUT2D eigenvalue weighted by molar-refractivity contribution is 5.83. The van der Waals surface area contributed by atoms with Gasteiger partial charge >= 0.3 is 0 Å². The number of pyridine rings is 1. The maximum atomic E-state index is 13.9. The monoisotopic (exact) mass is 550 g/mol. The SMILES string of the molecule is O=c1ccc(-n2ccc3ccc(F)cc32)nn1CCc1ccc2ncc(N3CCC(N4CCCCC4)CC3)cc2c1. The highest BCUT2D eigenvalue weighted by Crippen LogP contribution is 2.27. The third-order valence-corrected chi connectivity index (χ3v) is 8.83. The number of benzene rings is 2. The van der Waals surface area contributed by atoms with E-state index in [1.807, 2.05) is 23.0 Å².